The Hall–Kier alpha value is -1.11. The molecule has 0 aliphatic rings. The lowest BCUT2D eigenvalue weighted by atomic mass is 10.5. The van der Waals surface area contributed by atoms with Gasteiger partial charge in [-0.25, -0.2) is 13.6 Å². The van der Waals surface area contributed by atoms with Gasteiger partial charge in [-0.1, -0.05) is 0 Å². The minimum atomic E-state index is -3.99. The lowest BCUT2D eigenvalue weighted by Crippen LogP contribution is -2.25. The molecule has 0 amide bonds. The number of nitrogens with two attached hydrogens (primary N) is 1. The average Bonchev–Trinajstić information content (AvgIpc) is 1.65. The van der Waals surface area contributed by atoms with Crippen molar-refractivity contribution in [1.29, 1.82) is 10.5 Å². The third-order valence-corrected chi connectivity index (χ3v) is 1.43. The number of primary sulfonamides is 1. The minimum absolute atomic E-state index is 1.22. The first-order valence-corrected chi connectivity index (χ1v) is 3.44. The standard InChI is InChI=1S/C3H3N3O2S/c4-1-3(2-5)9(6,7)8/h3H,(H2,6,7,8). The Bertz CT molecular complexity index is 252. The first-order chi connectivity index (χ1) is 4.02. The van der Waals surface area contributed by atoms with Gasteiger partial charge < -0.3 is 0 Å². The van der Waals surface area contributed by atoms with Crippen molar-refractivity contribution in [1.82, 2.24) is 0 Å². The Labute approximate surface area is 52.4 Å². The van der Waals surface area contributed by atoms with Gasteiger partial charge in [-0.2, -0.15) is 10.5 Å². The topological polar surface area (TPSA) is 108 Å². The predicted octanol–water partition coefficient (Wildman–Crippen LogP) is -1.31. The SMILES string of the molecule is N#CC(C#N)S(N)(=O)=O. The maximum atomic E-state index is 10.1. The van der Waals surface area contributed by atoms with Crippen LogP contribution in [0.2, 0.25) is 0 Å². The van der Waals surface area contributed by atoms with Crippen LogP contribution in [0, 0.1) is 22.7 Å². The van der Waals surface area contributed by atoms with Crippen molar-refractivity contribution in [2.24, 2.45) is 5.14 Å². The van der Waals surface area contributed by atoms with E-state index in [2.05, 4.69) is 5.14 Å². The summed E-state index contributed by atoms with van der Waals surface area (Å²) in [6.07, 6.45) is 0. The Morgan fingerprint density at radius 2 is 1.67 bits per heavy atom. The molecule has 0 rings (SSSR count). The van der Waals surface area contributed by atoms with Crippen LogP contribution in [-0.4, -0.2) is 13.7 Å². The molecule has 0 atom stereocenters. The lowest BCUT2D eigenvalue weighted by molar-refractivity contribution is 0.597. The van der Waals surface area contributed by atoms with E-state index in [1.54, 1.807) is 0 Å². The smallest absolute Gasteiger partial charge is 0.227 e. The van der Waals surface area contributed by atoms with Gasteiger partial charge in [0.05, 0.1) is 12.1 Å². The van der Waals surface area contributed by atoms with Crippen LogP contribution < -0.4 is 5.14 Å². The molecule has 5 nitrogen and oxygen atoms in total. The van der Waals surface area contributed by atoms with Crippen LogP contribution in [-0.2, 0) is 10.0 Å². The summed E-state index contributed by atoms with van der Waals surface area (Å²) in [6, 6.07) is 2.44. The van der Waals surface area contributed by atoms with Crippen LogP contribution in [0.25, 0.3) is 0 Å². The highest BCUT2D eigenvalue weighted by Gasteiger charge is 2.18. The van der Waals surface area contributed by atoms with Crippen molar-refractivity contribution in [2.75, 3.05) is 0 Å². The van der Waals surface area contributed by atoms with Gasteiger partial charge in [0.15, 0.2) is 0 Å². The lowest BCUT2D eigenvalue weighted by Gasteiger charge is -1.90. The molecule has 48 valence electrons. The van der Waals surface area contributed by atoms with Crippen LogP contribution in [0.4, 0.5) is 0 Å². The molecule has 0 aliphatic carbocycles. The molecule has 0 fully saturated rings. The quantitative estimate of drug-likeness (QED) is 0.494. The van der Waals surface area contributed by atoms with E-state index in [9.17, 15) is 8.42 Å². The Morgan fingerprint density at radius 1 is 1.33 bits per heavy atom. The summed E-state index contributed by atoms with van der Waals surface area (Å²) in [4.78, 5) is 0. The van der Waals surface area contributed by atoms with Crippen LogP contribution in [0.5, 0.6) is 0 Å². The first kappa shape index (κ1) is 7.89. The van der Waals surface area contributed by atoms with E-state index < -0.39 is 15.3 Å². The molecule has 9 heavy (non-hydrogen) atoms. The number of sulfonamides is 1. The summed E-state index contributed by atoms with van der Waals surface area (Å²) >= 11 is 0. The number of hydrogen-bond donors (Lipinski definition) is 1. The summed E-state index contributed by atoms with van der Waals surface area (Å²) in [6.45, 7) is 0. The van der Waals surface area contributed by atoms with Crippen LogP contribution >= 0.6 is 0 Å². The molecule has 0 unspecified atom stereocenters. The van der Waals surface area contributed by atoms with E-state index in [1.165, 1.54) is 12.1 Å². The highest BCUT2D eigenvalue weighted by atomic mass is 32.2. The minimum Gasteiger partial charge on any atom is -0.227 e. The molecule has 0 spiro atoms. The Balaban J connectivity index is 4.65. The maximum absolute atomic E-state index is 10.1. The van der Waals surface area contributed by atoms with Crippen LogP contribution in [0.1, 0.15) is 0 Å². The Kier molecular flexibility index (Phi) is 2.14. The maximum Gasteiger partial charge on any atom is 0.246 e. The van der Waals surface area contributed by atoms with Gasteiger partial charge in [0.1, 0.15) is 0 Å². The highest BCUT2D eigenvalue weighted by molar-refractivity contribution is 7.90. The van der Waals surface area contributed by atoms with Gasteiger partial charge in [-0.05, 0) is 0 Å². The van der Waals surface area contributed by atoms with E-state index in [4.69, 9.17) is 10.5 Å². The van der Waals surface area contributed by atoms with Gasteiger partial charge in [0.25, 0.3) is 0 Å². The molecule has 2 N–H and O–H groups in total. The second-order valence-electron chi connectivity index (χ2n) is 1.23. The van der Waals surface area contributed by atoms with E-state index in [1.807, 2.05) is 0 Å². The van der Waals surface area contributed by atoms with Crippen molar-refractivity contribution in [3.05, 3.63) is 0 Å². The molecule has 6 heteroatoms. The third kappa shape index (κ3) is 2.08. The van der Waals surface area contributed by atoms with Crippen molar-refractivity contribution >= 4 is 10.0 Å². The fourth-order valence-electron chi connectivity index (χ4n) is 0.176. The summed E-state index contributed by atoms with van der Waals surface area (Å²) in [5, 5.41) is 18.5. The predicted molar refractivity (Wildman–Crippen MR) is 28.1 cm³/mol. The van der Waals surface area contributed by atoms with Crippen molar-refractivity contribution < 1.29 is 8.42 Å². The molecule has 0 aromatic carbocycles. The fraction of sp³-hybridized carbons (Fsp3) is 0.333. The van der Waals surface area contributed by atoms with Crippen molar-refractivity contribution in [3.63, 3.8) is 0 Å². The molecule has 0 aromatic rings. The van der Waals surface area contributed by atoms with E-state index >= 15 is 0 Å². The monoisotopic (exact) mass is 145 g/mol. The van der Waals surface area contributed by atoms with E-state index in [0.717, 1.165) is 0 Å². The molecular formula is C3H3N3O2S. The largest absolute Gasteiger partial charge is 0.246 e. The van der Waals surface area contributed by atoms with Crippen molar-refractivity contribution in [3.8, 4) is 12.1 Å². The van der Waals surface area contributed by atoms with Gasteiger partial charge in [-0.15, -0.1) is 0 Å². The van der Waals surface area contributed by atoms with Gasteiger partial charge >= 0.3 is 0 Å². The van der Waals surface area contributed by atoms with Crippen LogP contribution in [0.3, 0.4) is 0 Å². The number of nitrogens with zero attached hydrogens (tertiary/aromatic N) is 2. The normalized spacial score (nSPS) is 10.2. The summed E-state index contributed by atoms with van der Waals surface area (Å²) in [5.41, 5.74) is 0. The molecule has 0 heterocycles. The summed E-state index contributed by atoms with van der Waals surface area (Å²) in [5.74, 6) is 0. The van der Waals surface area contributed by atoms with E-state index in [-0.39, 0.29) is 0 Å². The second kappa shape index (κ2) is 2.44. The zero-order valence-electron chi connectivity index (χ0n) is 4.27. The third-order valence-electron chi connectivity index (χ3n) is 0.563. The molecule has 0 aromatic heterocycles. The summed E-state index contributed by atoms with van der Waals surface area (Å²) in [7, 11) is -3.99. The van der Waals surface area contributed by atoms with Gasteiger partial charge in [0, 0.05) is 0 Å². The molecule has 0 bridgehead atoms. The number of nitriles is 2. The number of hydrogen-bond acceptors (Lipinski definition) is 4. The average molecular weight is 145 g/mol. The Morgan fingerprint density at radius 3 is 1.67 bits per heavy atom. The van der Waals surface area contributed by atoms with E-state index in [0.29, 0.717) is 0 Å². The fourth-order valence-corrected chi connectivity index (χ4v) is 0.470. The van der Waals surface area contributed by atoms with Gasteiger partial charge in [-0.3, -0.25) is 0 Å². The molecule has 0 radical (unpaired) electrons. The van der Waals surface area contributed by atoms with Gasteiger partial charge in [0.2, 0.25) is 15.3 Å². The number of rotatable bonds is 1. The zero-order chi connectivity index (χ0) is 7.49. The van der Waals surface area contributed by atoms with Crippen LogP contribution in [0.15, 0.2) is 0 Å². The summed E-state index contributed by atoms with van der Waals surface area (Å²) < 4.78 is 20.3. The first-order valence-electron chi connectivity index (χ1n) is 1.83. The van der Waals surface area contributed by atoms with Crippen molar-refractivity contribution in [2.45, 2.75) is 5.25 Å². The molecule has 0 saturated carbocycles. The highest BCUT2D eigenvalue weighted by Crippen LogP contribution is 1.89. The molecular weight excluding hydrogens is 142 g/mol. The second-order valence-corrected chi connectivity index (χ2v) is 2.88. The molecule has 0 saturated heterocycles. The zero-order valence-corrected chi connectivity index (χ0v) is 5.09. The molecule has 0 aliphatic heterocycles.